The standard InChI is InChI=1S/2C31H21N2.2C14H12N2.2Ir/c1-19-8-7-9-20(2)29(19)27-18-33-28-15-14-23-16-21-10-3-4-11-22(21)17-26(23)30(28)24-12-5-6-13-25(24)31(33)32-27;1-19-8-7-9-20(2)28(19)26-18-33-27-17-16-22-15-14-21-10-3-4-11-23(21)29(22)30(27)24-12-5-6-13-25(24)31(33)32-26;2*1-15-11-16(12-7-3-2-4-8-12)14-10-6-5-9-13(14)15;;/h2*3-12,14-18H,1-2H3;2*2-7,9-11H,1H3;;/q2*-1;2*-2;2*+3. The number of anilines is 6. The van der Waals surface area contributed by atoms with Crippen molar-refractivity contribution in [3.63, 3.8) is 0 Å². The molecule has 0 fully saturated rings. The van der Waals surface area contributed by atoms with Gasteiger partial charge in [0.25, 0.3) is 0 Å². The molecule has 20 rings (SSSR count). The van der Waals surface area contributed by atoms with Gasteiger partial charge in [0.1, 0.15) is 0 Å². The van der Waals surface area contributed by atoms with Crippen LogP contribution in [0.2, 0.25) is 0 Å². The van der Waals surface area contributed by atoms with Gasteiger partial charge >= 0.3 is 40.2 Å². The summed E-state index contributed by atoms with van der Waals surface area (Å²) in [4.78, 5) is 18.8. The molecular formula is C90H66Ir2N8. The summed E-state index contributed by atoms with van der Waals surface area (Å²) in [5, 5.41) is 17.1. The van der Waals surface area contributed by atoms with E-state index in [9.17, 15) is 0 Å². The van der Waals surface area contributed by atoms with Gasteiger partial charge in [-0.15, -0.1) is 70.7 Å². The van der Waals surface area contributed by atoms with Gasteiger partial charge in [0.05, 0.1) is 22.7 Å². The minimum atomic E-state index is 0. The van der Waals surface area contributed by atoms with E-state index < -0.39 is 0 Å². The molecular weight excluding hydrogens is 1580 g/mol. The number of aromatic nitrogens is 4. The molecule has 4 aromatic heterocycles. The minimum absolute atomic E-state index is 0. The van der Waals surface area contributed by atoms with Crippen LogP contribution in [0.25, 0.3) is 120 Å². The summed E-state index contributed by atoms with van der Waals surface area (Å²) in [5.74, 6) is 0. The molecule has 100 heavy (non-hydrogen) atoms. The van der Waals surface area contributed by atoms with Gasteiger partial charge in [-0.1, -0.05) is 144 Å². The third-order valence-corrected chi connectivity index (χ3v) is 19.4. The molecule has 0 saturated carbocycles. The number of hydrogen-bond acceptors (Lipinski definition) is 6. The second-order valence-corrected chi connectivity index (χ2v) is 25.5. The van der Waals surface area contributed by atoms with Crippen LogP contribution in [0.1, 0.15) is 22.3 Å². The monoisotopic (exact) mass is 1640 g/mol. The van der Waals surface area contributed by atoms with Gasteiger partial charge in [0.15, 0.2) is 0 Å². The smallest absolute Gasteiger partial charge is 0.504 e. The Morgan fingerprint density at radius 1 is 0.320 bits per heavy atom. The number of benzene rings is 14. The third-order valence-electron chi connectivity index (χ3n) is 19.4. The van der Waals surface area contributed by atoms with Crippen molar-refractivity contribution >= 4 is 132 Å². The van der Waals surface area contributed by atoms with Crippen LogP contribution in [0.15, 0.2) is 279 Å². The maximum absolute atomic E-state index is 5.16. The van der Waals surface area contributed by atoms with Crippen LogP contribution < -0.4 is 19.6 Å². The largest absolute Gasteiger partial charge is 3.00 e. The van der Waals surface area contributed by atoms with E-state index in [0.29, 0.717) is 0 Å². The van der Waals surface area contributed by atoms with Crippen molar-refractivity contribution in [3.8, 4) is 22.5 Å². The Morgan fingerprint density at radius 3 is 1.25 bits per heavy atom. The van der Waals surface area contributed by atoms with Gasteiger partial charge in [0.2, 0.25) is 0 Å². The van der Waals surface area contributed by atoms with Crippen molar-refractivity contribution in [2.45, 2.75) is 27.7 Å². The van der Waals surface area contributed by atoms with Crippen LogP contribution in [0, 0.1) is 65.3 Å². The van der Waals surface area contributed by atoms with Gasteiger partial charge in [-0.2, -0.15) is 74.0 Å². The molecule has 0 bridgehead atoms. The first-order valence-electron chi connectivity index (χ1n) is 33.2. The summed E-state index contributed by atoms with van der Waals surface area (Å²) >= 11 is 0. The molecule has 14 aromatic carbocycles. The average Bonchev–Trinajstić information content (AvgIpc) is 1.34. The summed E-state index contributed by atoms with van der Waals surface area (Å²) < 4.78 is 4.51. The summed E-state index contributed by atoms with van der Waals surface area (Å²) in [7, 11) is 4.11. The van der Waals surface area contributed by atoms with Crippen molar-refractivity contribution in [2.24, 2.45) is 0 Å². The average molecular weight is 1640 g/mol. The van der Waals surface area contributed by atoms with E-state index in [2.05, 4.69) is 339 Å². The van der Waals surface area contributed by atoms with Crippen LogP contribution >= 0.6 is 0 Å². The van der Waals surface area contributed by atoms with Gasteiger partial charge < -0.3 is 28.4 Å². The normalized spacial score (nSPS) is 12.4. The maximum Gasteiger partial charge on any atom is 3.00 e. The first kappa shape index (κ1) is 65.0. The van der Waals surface area contributed by atoms with Crippen molar-refractivity contribution in [2.75, 3.05) is 33.7 Å². The molecule has 0 radical (unpaired) electrons. The molecule has 0 unspecified atom stereocenters. The van der Waals surface area contributed by atoms with Crippen LogP contribution in [0.3, 0.4) is 0 Å². The second-order valence-electron chi connectivity index (χ2n) is 25.5. The number of imidazole rings is 2. The first-order valence-corrected chi connectivity index (χ1v) is 33.2. The number of pyridine rings is 2. The number of aryl methyl sites for hydroxylation is 4. The van der Waals surface area contributed by atoms with E-state index in [1.165, 1.54) is 132 Å². The zero-order valence-corrected chi connectivity index (χ0v) is 60.7. The first-order chi connectivity index (χ1) is 48.1. The molecule has 0 saturated heterocycles. The van der Waals surface area contributed by atoms with Gasteiger partial charge in [-0.25, -0.2) is 0 Å². The fraction of sp³-hybridized carbons (Fsp3) is 0.0667. The number of fused-ring (bicyclic) bond motifs is 21. The number of nitrogens with zero attached hydrogens (tertiary/aromatic N) is 8. The molecule has 0 amide bonds. The summed E-state index contributed by atoms with van der Waals surface area (Å²) in [6, 6.07) is 107. The molecule has 484 valence electrons. The molecule has 8 nitrogen and oxygen atoms in total. The predicted octanol–water partition coefficient (Wildman–Crippen LogP) is 22.4. The second kappa shape index (κ2) is 27.0. The molecule has 0 aliphatic carbocycles. The van der Waals surface area contributed by atoms with Crippen molar-refractivity contribution in [1.82, 2.24) is 18.8 Å². The molecule has 10 heteroatoms. The molecule has 2 aliphatic heterocycles. The van der Waals surface area contributed by atoms with Crippen LogP contribution in [-0.2, 0) is 40.2 Å². The zero-order chi connectivity index (χ0) is 66.1. The van der Waals surface area contributed by atoms with Gasteiger partial charge in [0, 0.05) is 57.3 Å². The molecule has 2 aliphatic rings. The van der Waals surface area contributed by atoms with Crippen molar-refractivity contribution < 1.29 is 40.2 Å². The number of rotatable bonds is 4. The minimum Gasteiger partial charge on any atom is -0.504 e. The maximum atomic E-state index is 5.16. The summed E-state index contributed by atoms with van der Waals surface area (Å²) in [5.41, 5.74) is 20.7. The van der Waals surface area contributed by atoms with E-state index in [-0.39, 0.29) is 40.2 Å². The molecule has 6 heterocycles. The Kier molecular flexibility index (Phi) is 17.6. The fourth-order valence-corrected chi connectivity index (χ4v) is 14.8. The van der Waals surface area contributed by atoms with Crippen LogP contribution in [-0.4, -0.2) is 32.9 Å². The molecule has 18 aromatic rings. The quantitative estimate of drug-likeness (QED) is 0.0994. The summed E-state index contributed by atoms with van der Waals surface area (Å²) in [6.07, 6.45) is 4.39. The van der Waals surface area contributed by atoms with E-state index in [1.54, 1.807) is 0 Å². The predicted molar refractivity (Wildman–Crippen MR) is 411 cm³/mol. The van der Waals surface area contributed by atoms with E-state index in [4.69, 9.17) is 9.97 Å². The Bertz CT molecular complexity index is 6000. The van der Waals surface area contributed by atoms with E-state index >= 15 is 0 Å². The topological polar surface area (TPSA) is 47.6 Å². The zero-order valence-electron chi connectivity index (χ0n) is 56.0. The molecule has 0 atom stereocenters. The third kappa shape index (κ3) is 11.4. The number of hydrogen-bond donors (Lipinski definition) is 0. The Labute approximate surface area is 609 Å². The van der Waals surface area contributed by atoms with E-state index in [1.807, 2.05) is 48.5 Å². The Balaban J connectivity index is 0.000000113. The summed E-state index contributed by atoms with van der Waals surface area (Å²) in [6.45, 7) is 12.8. The Morgan fingerprint density at radius 2 is 0.730 bits per heavy atom. The molecule has 0 spiro atoms. The van der Waals surface area contributed by atoms with Crippen LogP contribution in [0.5, 0.6) is 0 Å². The van der Waals surface area contributed by atoms with Crippen molar-refractivity contribution in [1.29, 1.82) is 0 Å². The van der Waals surface area contributed by atoms with E-state index in [0.717, 1.165) is 44.8 Å². The van der Waals surface area contributed by atoms with Crippen molar-refractivity contribution in [3.05, 3.63) is 339 Å². The molecule has 0 N–H and O–H groups in total. The van der Waals surface area contributed by atoms with Gasteiger partial charge in [-0.05, 0) is 166 Å². The Hall–Kier alpha value is -11.0. The fourth-order valence-electron chi connectivity index (χ4n) is 14.8. The van der Waals surface area contributed by atoms with Gasteiger partial charge in [-0.3, -0.25) is 9.97 Å². The van der Waals surface area contributed by atoms with Crippen LogP contribution in [0.4, 0.5) is 34.1 Å². The SMILES string of the molecule is CN1[CH-]N(c2[c-]cccc2)c2ccccc21.CN1[CH-]N(c2[c-]cccc2)c2ccccc21.Cc1cccc(C)c1-c1cn2c3ccc4cc5ccccc5cc4c3c3ccc[c-]c3c2n1.Cc1cccc(C)c1-c1cn2c3ccc4ccc5ccccc5c4c3c3ccc[c-]c3c2n1.[Ir+3].[Ir+3]. The number of para-hydroxylation sites is 6.